The average Bonchev–Trinajstić information content (AvgIpc) is 2.80. The molecule has 20 heavy (non-hydrogen) atoms. The summed E-state index contributed by atoms with van der Waals surface area (Å²) >= 11 is 0. The summed E-state index contributed by atoms with van der Waals surface area (Å²) in [4.78, 5) is 6.50. The number of sulfone groups is 1. The molecule has 0 radical (unpaired) electrons. The van der Waals surface area contributed by atoms with Crippen LogP contribution in [0.1, 0.15) is 12.0 Å². The third-order valence-corrected chi connectivity index (χ3v) is 5.74. The van der Waals surface area contributed by atoms with E-state index < -0.39 is 9.84 Å². The number of hydrogen-bond donors (Lipinski definition) is 0. The molecule has 1 aromatic carbocycles. The molecule has 0 aliphatic carbocycles. The molecule has 1 aliphatic rings. The van der Waals surface area contributed by atoms with Gasteiger partial charge < -0.3 is 0 Å². The van der Waals surface area contributed by atoms with Crippen molar-refractivity contribution in [3.63, 3.8) is 0 Å². The van der Waals surface area contributed by atoms with E-state index in [9.17, 15) is 8.42 Å². The van der Waals surface area contributed by atoms with Crippen molar-refractivity contribution in [2.75, 3.05) is 18.6 Å². The minimum atomic E-state index is -2.83. The first kappa shape index (κ1) is 13.5. The third kappa shape index (κ3) is 2.69. The van der Waals surface area contributed by atoms with Crippen LogP contribution >= 0.6 is 0 Å². The Kier molecular flexibility index (Phi) is 3.48. The van der Waals surface area contributed by atoms with E-state index in [1.807, 2.05) is 37.5 Å². The lowest BCUT2D eigenvalue weighted by Crippen LogP contribution is -2.32. The largest absolute Gasteiger partial charge is 0.298 e. The molecule has 3 rings (SSSR count). The van der Waals surface area contributed by atoms with Crippen molar-refractivity contribution in [2.24, 2.45) is 0 Å². The normalized spacial score (nSPS) is 21.6. The standard InChI is InChI=1S/C15H18N2O2S/c1-17(13-7-9-20(18,19)11-13)10-12-6-8-16-15-5-3-2-4-14(12)15/h2-6,8,13H,7,9-11H2,1H3/t13-/m0/s1. The molecule has 0 saturated carbocycles. The van der Waals surface area contributed by atoms with Crippen LogP contribution in [-0.2, 0) is 16.4 Å². The summed E-state index contributed by atoms with van der Waals surface area (Å²) in [6, 6.07) is 10.2. The number of benzene rings is 1. The Morgan fingerprint density at radius 3 is 2.85 bits per heavy atom. The Balaban J connectivity index is 1.83. The van der Waals surface area contributed by atoms with E-state index in [0.29, 0.717) is 5.75 Å². The number of fused-ring (bicyclic) bond motifs is 1. The van der Waals surface area contributed by atoms with Gasteiger partial charge in [0.15, 0.2) is 9.84 Å². The van der Waals surface area contributed by atoms with Crippen molar-refractivity contribution in [3.8, 4) is 0 Å². The summed E-state index contributed by atoms with van der Waals surface area (Å²) in [5.41, 5.74) is 2.18. The first-order valence-corrected chi connectivity index (χ1v) is 8.60. The molecular formula is C15H18N2O2S. The minimum Gasteiger partial charge on any atom is -0.298 e. The van der Waals surface area contributed by atoms with Gasteiger partial charge in [-0.3, -0.25) is 9.88 Å². The van der Waals surface area contributed by atoms with Crippen molar-refractivity contribution < 1.29 is 8.42 Å². The average molecular weight is 290 g/mol. The van der Waals surface area contributed by atoms with Gasteiger partial charge in [0.05, 0.1) is 17.0 Å². The van der Waals surface area contributed by atoms with E-state index >= 15 is 0 Å². The quantitative estimate of drug-likeness (QED) is 0.865. The van der Waals surface area contributed by atoms with Gasteiger partial charge in [0.2, 0.25) is 0 Å². The maximum atomic E-state index is 11.6. The van der Waals surface area contributed by atoms with E-state index in [1.165, 1.54) is 5.56 Å². The van der Waals surface area contributed by atoms with Gasteiger partial charge in [0.1, 0.15) is 0 Å². The number of pyridine rings is 1. The maximum absolute atomic E-state index is 11.6. The molecule has 1 saturated heterocycles. The molecule has 2 aromatic rings. The fraction of sp³-hybridized carbons (Fsp3) is 0.400. The van der Waals surface area contributed by atoms with Crippen LogP contribution in [0.3, 0.4) is 0 Å². The van der Waals surface area contributed by atoms with Crippen molar-refractivity contribution in [2.45, 2.75) is 19.0 Å². The van der Waals surface area contributed by atoms with Crippen molar-refractivity contribution in [1.29, 1.82) is 0 Å². The fourth-order valence-electron chi connectivity index (χ4n) is 2.81. The predicted octanol–water partition coefficient (Wildman–Crippen LogP) is 1.85. The van der Waals surface area contributed by atoms with Gasteiger partial charge in [0.25, 0.3) is 0 Å². The molecule has 0 N–H and O–H groups in total. The number of nitrogens with zero attached hydrogens (tertiary/aromatic N) is 2. The van der Waals surface area contributed by atoms with Crippen LogP contribution in [0.25, 0.3) is 10.9 Å². The first-order chi connectivity index (χ1) is 9.55. The molecule has 1 fully saturated rings. The Morgan fingerprint density at radius 1 is 1.30 bits per heavy atom. The van der Waals surface area contributed by atoms with Crippen LogP contribution in [0, 0.1) is 0 Å². The Hall–Kier alpha value is -1.46. The van der Waals surface area contributed by atoms with Gasteiger partial charge in [0, 0.05) is 24.2 Å². The molecule has 1 aromatic heterocycles. The highest BCUT2D eigenvalue weighted by Crippen LogP contribution is 2.22. The highest BCUT2D eigenvalue weighted by Gasteiger charge is 2.30. The SMILES string of the molecule is CN(Cc1ccnc2ccccc12)[C@H]1CCS(=O)(=O)C1. The van der Waals surface area contributed by atoms with E-state index in [0.717, 1.165) is 23.9 Å². The molecule has 4 nitrogen and oxygen atoms in total. The summed E-state index contributed by atoms with van der Waals surface area (Å²) < 4.78 is 23.1. The van der Waals surface area contributed by atoms with Crippen LogP contribution in [-0.4, -0.2) is 42.9 Å². The summed E-state index contributed by atoms with van der Waals surface area (Å²) in [5.74, 6) is 0.603. The summed E-state index contributed by atoms with van der Waals surface area (Å²) in [7, 11) is -0.829. The molecule has 106 valence electrons. The van der Waals surface area contributed by atoms with Gasteiger partial charge >= 0.3 is 0 Å². The molecule has 0 unspecified atom stereocenters. The second-order valence-electron chi connectivity index (χ2n) is 5.46. The highest BCUT2D eigenvalue weighted by molar-refractivity contribution is 7.91. The zero-order valence-electron chi connectivity index (χ0n) is 11.5. The smallest absolute Gasteiger partial charge is 0.151 e. The lowest BCUT2D eigenvalue weighted by molar-refractivity contribution is 0.255. The van der Waals surface area contributed by atoms with Crippen LogP contribution in [0.15, 0.2) is 36.5 Å². The zero-order chi connectivity index (χ0) is 14.2. The van der Waals surface area contributed by atoms with Crippen LogP contribution < -0.4 is 0 Å². The summed E-state index contributed by atoms with van der Waals surface area (Å²) in [5, 5.41) is 1.14. The summed E-state index contributed by atoms with van der Waals surface area (Å²) in [6.07, 6.45) is 2.55. The molecule has 0 spiro atoms. The summed E-state index contributed by atoms with van der Waals surface area (Å²) in [6.45, 7) is 0.753. The topological polar surface area (TPSA) is 50.3 Å². The number of rotatable bonds is 3. The second kappa shape index (κ2) is 5.14. The minimum absolute atomic E-state index is 0.131. The Bertz CT molecular complexity index is 722. The van der Waals surface area contributed by atoms with E-state index in [1.54, 1.807) is 0 Å². The number of hydrogen-bond acceptors (Lipinski definition) is 4. The van der Waals surface area contributed by atoms with Gasteiger partial charge in [-0.2, -0.15) is 0 Å². The maximum Gasteiger partial charge on any atom is 0.151 e. The predicted molar refractivity (Wildman–Crippen MR) is 80.3 cm³/mol. The van der Waals surface area contributed by atoms with E-state index in [4.69, 9.17) is 0 Å². The number of aromatic nitrogens is 1. The highest BCUT2D eigenvalue weighted by atomic mass is 32.2. The first-order valence-electron chi connectivity index (χ1n) is 6.78. The molecule has 0 bridgehead atoms. The van der Waals surface area contributed by atoms with E-state index in [2.05, 4.69) is 16.0 Å². The Morgan fingerprint density at radius 2 is 2.10 bits per heavy atom. The molecular weight excluding hydrogens is 272 g/mol. The fourth-order valence-corrected chi connectivity index (χ4v) is 4.62. The van der Waals surface area contributed by atoms with E-state index in [-0.39, 0.29) is 11.8 Å². The van der Waals surface area contributed by atoms with Crippen LogP contribution in [0.2, 0.25) is 0 Å². The van der Waals surface area contributed by atoms with Gasteiger partial charge in [-0.15, -0.1) is 0 Å². The van der Waals surface area contributed by atoms with Crippen LogP contribution in [0.4, 0.5) is 0 Å². The lowest BCUT2D eigenvalue weighted by atomic mass is 10.1. The third-order valence-electron chi connectivity index (χ3n) is 3.99. The second-order valence-corrected chi connectivity index (χ2v) is 7.69. The van der Waals surface area contributed by atoms with Crippen LogP contribution in [0.5, 0.6) is 0 Å². The molecule has 1 atom stereocenters. The molecule has 2 heterocycles. The van der Waals surface area contributed by atoms with Crippen molar-refractivity contribution >= 4 is 20.7 Å². The molecule has 5 heteroatoms. The monoisotopic (exact) mass is 290 g/mol. The molecule has 1 aliphatic heterocycles. The van der Waals surface area contributed by atoms with Gasteiger partial charge in [-0.1, -0.05) is 18.2 Å². The van der Waals surface area contributed by atoms with Gasteiger partial charge in [-0.05, 0) is 31.2 Å². The van der Waals surface area contributed by atoms with Crippen molar-refractivity contribution in [3.05, 3.63) is 42.1 Å². The molecule has 0 amide bonds. The van der Waals surface area contributed by atoms with Crippen molar-refractivity contribution in [1.82, 2.24) is 9.88 Å². The lowest BCUT2D eigenvalue weighted by Gasteiger charge is -2.23. The Labute approximate surface area is 119 Å². The number of para-hydroxylation sites is 1. The zero-order valence-corrected chi connectivity index (χ0v) is 12.3. The van der Waals surface area contributed by atoms with Gasteiger partial charge in [-0.25, -0.2) is 8.42 Å².